The van der Waals surface area contributed by atoms with E-state index < -0.39 is 22.5 Å². The summed E-state index contributed by atoms with van der Waals surface area (Å²) in [6, 6.07) is 7.29. The molecule has 1 unspecified atom stereocenters. The molecule has 0 radical (unpaired) electrons. The smallest absolute Gasteiger partial charge is 0.398 e. The largest absolute Gasteiger partial charge is 0.424 e. The van der Waals surface area contributed by atoms with E-state index in [4.69, 9.17) is 9.29 Å². The van der Waals surface area contributed by atoms with Crippen molar-refractivity contribution in [2.24, 2.45) is 0 Å². The minimum atomic E-state index is -4.74. The second-order valence-corrected chi connectivity index (χ2v) is 8.81. The van der Waals surface area contributed by atoms with Crippen LogP contribution in [-0.2, 0) is 25.8 Å². The lowest BCUT2D eigenvalue weighted by Crippen LogP contribution is -2.31. The molecule has 172 valence electrons. The average Bonchev–Trinajstić information content (AvgIpc) is 2.70. The molecular weight excluding hydrogens is 404 g/mol. The molecule has 6 nitrogen and oxygen atoms in total. The van der Waals surface area contributed by atoms with Gasteiger partial charge in [0.25, 0.3) is 0 Å². The van der Waals surface area contributed by atoms with Crippen molar-refractivity contribution < 1.29 is 26.7 Å². The Morgan fingerprint density at radius 2 is 1.47 bits per heavy atom. The molecule has 0 aliphatic heterocycles. The topological polar surface area (TPSA) is 89.9 Å². The Labute approximate surface area is 182 Å². The molecule has 1 rings (SSSR count). The van der Waals surface area contributed by atoms with Gasteiger partial charge in [-0.2, -0.15) is 8.42 Å². The Morgan fingerprint density at radius 3 is 2.10 bits per heavy atom. The molecule has 1 aromatic rings. The Hall–Kier alpha value is -1.44. The molecule has 0 aliphatic carbocycles. The van der Waals surface area contributed by atoms with Gasteiger partial charge >= 0.3 is 16.4 Å². The van der Waals surface area contributed by atoms with Crippen LogP contribution in [0.5, 0.6) is 5.75 Å². The normalized spacial score (nSPS) is 12.6. The van der Waals surface area contributed by atoms with Crippen LogP contribution in [0.25, 0.3) is 0 Å². The molecule has 0 bridgehead atoms. The molecule has 1 aromatic carbocycles. The van der Waals surface area contributed by atoms with E-state index in [-0.39, 0.29) is 6.42 Å². The summed E-state index contributed by atoms with van der Waals surface area (Å²) in [4.78, 5) is 12.6. The highest BCUT2D eigenvalue weighted by Crippen LogP contribution is 2.23. The molecule has 1 atom stereocenters. The Kier molecular flexibility index (Phi) is 13.6. The predicted octanol–water partition coefficient (Wildman–Crippen LogP) is 6.04. The van der Waals surface area contributed by atoms with Crippen molar-refractivity contribution in [2.45, 2.75) is 103 Å². The third kappa shape index (κ3) is 12.3. The van der Waals surface area contributed by atoms with E-state index >= 15 is 0 Å². The summed E-state index contributed by atoms with van der Waals surface area (Å²) in [5, 5.41) is 0. The molecular formula is C23H38O6S. The summed E-state index contributed by atoms with van der Waals surface area (Å²) >= 11 is 0. The van der Waals surface area contributed by atoms with Crippen LogP contribution < -0.4 is 4.74 Å². The number of rotatable bonds is 17. The highest BCUT2D eigenvalue weighted by molar-refractivity contribution is 7.80. The van der Waals surface area contributed by atoms with Crippen molar-refractivity contribution >= 4 is 16.4 Å². The molecule has 0 aromatic heterocycles. The first-order valence-electron chi connectivity index (χ1n) is 11.3. The number of ether oxygens (including phenoxy) is 1. The van der Waals surface area contributed by atoms with Crippen LogP contribution in [0.3, 0.4) is 0 Å². The van der Waals surface area contributed by atoms with Gasteiger partial charge in [-0.3, -0.25) is 4.55 Å². The average molecular weight is 443 g/mol. The van der Waals surface area contributed by atoms with Gasteiger partial charge in [-0.15, -0.1) is 0 Å². The zero-order valence-electron chi connectivity index (χ0n) is 18.5. The van der Waals surface area contributed by atoms with Crippen LogP contribution in [0, 0.1) is 0 Å². The van der Waals surface area contributed by atoms with Gasteiger partial charge in [0.2, 0.25) is 0 Å². The molecule has 7 heteroatoms. The van der Waals surface area contributed by atoms with Crippen LogP contribution >= 0.6 is 0 Å². The molecule has 0 saturated heterocycles. The number of hydrogen-bond donors (Lipinski definition) is 1. The van der Waals surface area contributed by atoms with E-state index in [1.807, 2.05) is 12.1 Å². The van der Waals surface area contributed by atoms with Gasteiger partial charge in [-0.25, -0.2) is 8.98 Å². The first-order valence-corrected chi connectivity index (χ1v) is 12.7. The number of aryl methyl sites for hydroxylation is 1. The Balaban J connectivity index is 2.63. The number of carbonyl (C=O) groups excluding carboxylic acids is 1. The zero-order valence-corrected chi connectivity index (χ0v) is 19.3. The molecule has 30 heavy (non-hydrogen) atoms. The maximum Gasteiger partial charge on any atom is 0.398 e. The molecule has 0 saturated carbocycles. The van der Waals surface area contributed by atoms with Crippen LogP contribution in [0.1, 0.15) is 96.5 Å². The zero-order chi connectivity index (χ0) is 22.2. The number of benzene rings is 1. The number of hydrogen-bond acceptors (Lipinski definition) is 5. The molecule has 0 heterocycles. The monoisotopic (exact) mass is 442 g/mol. The summed E-state index contributed by atoms with van der Waals surface area (Å²) in [6.07, 6.45) is 11.4. The fraction of sp³-hybridized carbons (Fsp3) is 0.696. The van der Waals surface area contributed by atoms with Gasteiger partial charge in [0.15, 0.2) is 6.10 Å². The van der Waals surface area contributed by atoms with Gasteiger partial charge < -0.3 is 4.74 Å². The van der Waals surface area contributed by atoms with Crippen LogP contribution in [-0.4, -0.2) is 25.0 Å². The number of para-hydroxylation sites is 1. The first-order chi connectivity index (χ1) is 14.4. The highest BCUT2D eigenvalue weighted by Gasteiger charge is 2.27. The summed E-state index contributed by atoms with van der Waals surface area (Å²) in [5.41, 5.74) is 0.913. The van der Waals surface area contributed by atoms with Crippen LogP contribution in [0.15, 0.2) is 24.3 Å². The van der Waals surface area contributed by atoms with Gasteiger partial charge in [0.05, 0.1) is 0 Å². The van der Waals surface area contributed by atoms with Gasteiger partial charge in [0.1, 0.15) is 5.75 Å². The third-order valence-corrected chi connectivity index (χ3v) is 5.53. The number of esters is 1. The van der Waals surface area contributed by atoms with Crippen molar-refractivity contribution in [1.29, 1.82) is 0 Å². The second kappa shape index (κ2) is 15.4. The molecule has 0 amide bonds. The van der Waals surface area contributed by atoms with E-state index in [9.17, 15) is 13.2 Å². The maximum atomic E-state index is 12.6. The Morgan fingerprint density at radius 1 is 0.900 bits per heavy atom. The number of carbonyl (C=O) groups is 1. The second-order valence-electron chi connectivity index (χ2n) is 7.76. The van der Waals surface area contributed by atoms with Crippen molar-refractivity contribution in [3.8, 4) is 5.75 Å². The minimum Gasteiger partial charge on any atom is -0.424 e. The van der Waals surface area contributed by atoms with Crippen molar-refractivity contribution in [3.63, 3.8) is 0 Å². The van der Waals surface area contributed by atoms with Crippen LogP contribution in [0.4, 0.5) is 0 Å². The minimum absolute atomic E-state index is 0.179. The lowest BCUT2D eigenvalue weighted by Gasteiger charge is -2.16. The summed E-state index contributed by atoms with van der Waals surface area (Å²) in [5.74, 6) is -0.373. The molecule has 0 spiro atoms. The van der Waals surface area contributed by atoms with Gasteiger partial charge in [-0.05, 0) is 30.9 Å². The van der Waals surface area contributed by atoms with E-state index in [1.165, 1.54) is 32.1 Å². The predicted molar refractivity (Wildman–Crippen MR) is 119 cm³/mol. The van der Waals surface area contributed by atoms with Crippen LogP contribution in [0.2, 0.25) is 0 Å². The summed E-state index contributed by atoms with van der Waals surface area (Å²) in [7, 11) is -4.74. The van der Waals surface area contributed by atoms with Crippen molar-refractivity contribution in [2.75, 3.05) is 0 Å². The standard InChI is InChI=1S/C23H38O6S/c1-3-5-7-9-10-11-12-16-20-17-14-15-18-21(20)28-23(24)22(29-30(25,26)27)19-13-8-6-4-2/h14-15,17-18,22H,3-13,16,19H2,1-2H3,(H,25,26,27). The highest BCUT2D eigenvalue weighted by atomic mass is 32.3. The quantitative estimate of drug-likeness (QED) is 0.137. The van der Waals surface area contributed by atoms with Crippen molar-refractivity contribution in [1.82, 2.24) is 0 Å². The molecule has 1 N–H and O–H groups in total. The van der Waals surface area contributed by atoms with E-state index in [2.05, 4.69) is 18.0 Å². The fourth-order valence-corrected chi connectivity index (χ4v) is 3.83. The number of unbranched alkanes of at least 4 members (excludes halogenated alkanes) is 9. The van der Waals surface area contributed by atoms with Gasteiger partial charge in [-0.1, -0.05) is 96.3 Å². The fourth-order valence-electron chi connectivity index (χ4n) is 3.37. The SMILES string of the molecule is CCCCCCCCCc1ccccc1OC(=O)C(CCCCCC)OS(=O)(=O)O. The molecule has 0 aliphatic rings. The van der Waals surface area contributed by atoms with Crippen molar-refractivity contribution in [3.05, 3.63) is 29.8 Å². The van der Waals surface area contributed by atoms with E-state index in [0.717, 1.165) is 44.1 Å². The summed E-state index contributed by atoms with van der Waals surface area (Å²) < 4.78 is 41.4. The van der Waals surface area contributed by atoms with E-state index in [0.29, 0.717) is 12.2 Å². The Bertz CT molecular complexity index is 701. The third-order valence-electron chi connectivity index (χ3n) is 5.05. The lowest BCUT2D eigenvalue weighted by atomic mass is 10.0. The first kappa shape index (κ1) is 26.6. The van der Waals surface area contributed by atoms with E-state index in [1.54, 1.807) is 12.1 Å². The van der Waals surface area contributed by atoms with Gasteiger partial charge in [0, 0.05) is 0 Å². The maximum absolute atomic E-state index is 12.6. The molecule has 0 fully saturated rings. The lowest BCUT2D eigenvalue weighted by molar-refractivity contribution is -0.142. The summed E-state index contributed by atoms with van der Waals surface area (Å²) in [6.45, 7) is 4.26.